The van der Waals surface area contributed by atoms with E-state index in [-0.39, 0.29) is 6.61 Å². The van der Waals surface area contributed by atoms with E-state index in [1.165, 1.54) is 0 Å². The zero-order valence-corrected chi connectivity index (χ0v) is 13.5. The summed E-state index contributed by atoms with van der Waals surface area (Å²) in [6, 6.07) is 12.9. The second kappa shape index (κ2) is 7.33. The van der Waals surface area contributed by atoms with Crippen molar-refractivity contribution in [1.29, 1.82) is 0 Å². The fraction of sp³-hybridized carbons (Fsp3) is 0.250. The van der Waals surface area contributed by atoms with E-state index in [1.54, 1.807) is 26.4 Å². The Bertz CT molecular complexity index is 586. The van der Waals surface area contributed by atoms with Crippen LogP contribution in [-0.2, 0) is 0 Å². The summed E-state index contributed by atoms with van der Waals surface area (Å²) in [4.78, 5) is 0. The normalized spacial score (nSPS) is 11.8. The van der Waals surface area contributed by atoms with Gasteiger partial charge in [0.2, 0.25) is 0 Å². The van der Waals surface area contributed by atoms with Crippen LogP contribution in [0.2, 0.25) is 0 Å². The molecule has 0 spiro atoms. The number of methoxy groups -OCH3 is 2. The second-order valence-electron chi connectivity index (χ2n) is 4.34. The highest BCUT2D eigenvalue weighted by Gasteiger charge is 2.19. The third-order valence-electron chi connectivity index (χ3n) is 3.03. The maximum absolute atomic E-state index is 10.3. The number of aliphatic hydroxyl groups is 1. The Morgan fingerprint density at radius 3 is 2.38 bits per heavy atom. The molecule has 1 unspecified atom stereocenters. The molecule has 0 amide bonds. The molecule has 112 valence electrons. The van der Waals surface area contributed by atoms with Crippen molar-refractivity contribution < 1.29 is 19.3 Å². The molecule has 21 heavy (non-hydrogen) atoms. The van der Waals surface area contributed by atoms with Crippen LogP contribution in [0.1, 0.15) is 11.7 Å². The molecule has 0 heterocycles. The number of hydrogen-bond donors (Lipinski definition) is 1. The van der Waals surface area contributed by atoms with E-state index in [2.05, 4.69) is 15.9 Å². The molecule has 2 aromatic rings. The molecule has 1 N–H and O–H groups in total. The maximum atomic E-state index is 10.3. The minimum absolute atomic E-state index is 0.138. The number of para-hydroxylation sites is 1. The third-order valence-corrected chi connectivity index (χ3v) is 3.78. The number of benzene rings is 2. The van der Waals surface area contributed by atoms with Crippen LogP contribution < -0.4 is 14.2 Å². The smallest absolute Gasteiger partial charge is 0.142 e. The molecule has 1 atom stereocenters. The van der Waals surface area contributed by atoms with Gasteiger partial charge in [-0.1, -0.05) is 18.2 Å². The Balaban J connectivity index is 2.15. The SMILES string of the molecule is COc1ccc(C(O)COc2ccccc2)c(OC)c1Br. The van der Waals surface area contributed by atoms with Gasteiger partial charge in [0.25, 0.3) is 0 Å². The van der Waals surface area contributed by atoms with Crippen LogP contribution in [0.15, 0.2) is 46.9 Å². The zero-order chi connectivity index (χ0) is 15.2. The topological polar surface area (TPSA) is 47.9 Å². The van der Waals surface area contributed by atoms with Crippen molar-refractivity contribution in [2.24, 2.45) is 0 Å². The van der Waals surface area contributed by atoms with Crippen LogP contribution >= 0.6 is 15.9 Å². The fourth-order valence-corrected chi connectivity index (χ4v) is 2.65. The molecule has 0 radical (unpaired) electrons. The maximum Gasteiger partial charge on any atom is 0.142 e. The molecule has 0 aromatic heterocycles. The van der Waals surface area contributed by atoms with Gasteiger partial charge >= 0.3 is 0 Å². The van der Waals surface area contributed by atoms with E-state index in [0.717, 1.165) is 0 Å². The van der Waals surface area contributed by atoms with Crippen LogP contribution in [0.5, 0.6) is 17.2 Å². The number of ether oxygens (including phenoxy) is 3. The van der Waals surface area contributed by atoms with Gasteiger partial charge in [0.1, 0.15) is 34.4 Å². The molecule has 4 nitrogen and oxygen atoms in total. The molecule has 0 saturated carbocycles. The Hall–Kier alpha value is -1.72. The number of halogens is 1. The summed E-state index contributed by atoms with van der Waals surface area (Å²) in [6.07, 6.45) is -0.803. The van der Waals surface area contributed by atoms with Crippen LogP contribution in [-0.4, -0.2) is 25.9 Å². The first-order valence-corrected chi connectivity index (χ1v) is 7.23. The van der Waals surface area contributed by atoms with Crippen molar-refractivity contribution in [2.45, 2.75) is 6.10 Å². The number of aliphatic hydroxyl groups excluding tert-OH is 1. The van der Waals surface area contributed by atoms with Crippen molar-refractivity contribution in [3.8, 4) is 17.2 Å². The lowest BCUT2D eigenvalue weighted by atomic mass is 10.1. The van der Waals surface area contributed by atoms with Gasteiger partial charge in [-0.2, -0.15) is 0 Å². The molecule has 2 rings (SSSR count). The molecule has 0 aliphatic carbocycles. The van der Waals surface area contributed by atoms with E-state index in [1.807, 2.05) is 30.3 Å². The van der Waals surface area contributed by atoms with Crippen LogP contribution in [0.25, 0.3) is 0 Å². The number of rotatable bonds is 6. The lowest BCUT2D eigenvalue weighted by Gasteiger charge is -2.18. The molecular weight excluding hydrogens is 336 g/mol. The molecule has 0 aliphatic rings. The summed E-state index contributed by atoms with van der Waals surface area (Å²) in [5.41, 5.74) is 0.640. The van der Waals surface area contributed by atoms with Crippen molar-refractivity contribution in [1.82, 2.24) is 0 Å². The molecule has 5 heteroatoms. The molecule has 2 aromatic carbocycles. The van der Waals surface area contributed by atoms with Crippen molar-refractivity contribution >= 4 is 15.9 Å². The average Bonchev–Trinajstić information content (AvgIpc) is 2.53. The van der Waals surface area contributed by atoms with Gasteiger partial charge < -0.3 is 19.3 Å². The van der Waals surface area contributed by atoms with E-state index in [9.17, 15) is 5.11 Å². The lowest BCUT2D eigenvalue weighted by Crippen LogP contribution is -2.11. The lowest BCUT2D eigenvalue weighted by molar-refractivity contribution is 0.105. The summed E-state index contributed by atoms with van der Waals surface area (Å²) >= 11 is 3.41. The van der Waals surface area contributed by atoms with Gasteiger partial charge in [-0.25, -0.2) is 0 Å². The molecular formula is C16H17BrO4. The van der Waals surface area contributed by atoms with E-state index < -0.39 is 6.10 Å². The summed E-state index contributed by atoms with van der Waals surface area (Å²) in [6.45, 7) is 0.138. The van der Waals surface area contributed by atoms with Crippen LogP contribution in [0, 0.1) is 0 Å². The highest BCUT2D eigenvalue weighted by Crippen LogP contribution is 2.39. The Kier molecular flexibility index (Phi) is 5.47. The van der Waals surface area contributed by atoms with Gasteiger partial charge in [-0.15, -0.1) is 0 Å². The Labute approximate surface area is 132 Å². The second-order valence-corrected chi connectivity index (χ2v) is 5.14. The predicted octanol–water partition coefficient (Wildman–Crippen LogP) is 3.58. The molecule has 0 bridgehead atoms. The van der Waals surface area contributed by atoms with Crippen LogP contribution in [0.4, 0.5) is 0 Å². The standard InChI is InChI=1S/C16H17BrO4/c1-19-14-9-8-12(16(20-2)15(14)17)13(18)10-21-11-6-4-3-5-7-11/h3-9,13,18H,10H2,1-2H3. The van der Waals surface area contributed by atoms with Crippen molar-refractivity contribution in [2.75, 3.05) is 20.8 Å². The van der Waals surface area contributed by atoms with Gasteiger partial charge in [-0.3, -0.25) is 0 Å². The Morgan fingerprint density at radius 1 is 1.05 bits per heavy atom. The third kappa shape index (κ3) is 3.68. The molecule has 0 aliphatic heterocycles. The van der Waals surface area contributed by atoms with E-state index in [4.69, 9.17) is 14.2 Å². The van der Waals surface area contributed by atoms with Crippen LogP contribution in [0.3, 0.4) is 0 Å². The van der Waals surface area contributed by atoms with Gasteiger partial charge in [0.15, 0.2) is 0 Å². The van der Waals surface area contributed by atoms with Crippen molar-refractivity contribution in [3.63, 3.8) is 0 Å². The Morgan fingerprint density at radius 2 is 1.76 bits per heavy atom. The minimum Gasteiger partial charge on any atom is -0.495 e. The predicted molar refractivity (Wildman–Crippen MR) is 84.1 cm³/mol. The summed E-state index contributed by atoms with van der Waals surface area (Å²) in [5, 5.41) is 10.3. The summed E-state index contributed by atoms with van der Waals surface area (Å²) < 4.78 is 16.8. The van der Waals surface area contributed by atoms with Gasteiger partial charge in [0, 0.05) is 5.56 Å². The first-order valence-electron chi connectivity index (χ1n) is 6.43. The minimum atomic E-state index is -0.803. The largest absolute Gasteiger partial charge is 0.495 e. The molecule has 0 saturated heterocycles. The van der Waals surface area contributed by atoms with E-state index >= 15 is 0 Å². The van der Waals surface area contributed by atoms with Gasteiger partial charge in [-0.05, 0) is 40.2 Å². The summed E-state index contributed by atoms with van der Waals surface area (Å²) in [5.74, 6) is 1.90. The first-order chi connectivity index (χ1) is 10.2. The average molecular weight is 353 g/mol. The molecule has 0 fully saturated rings. The van der Waals surface area contributed by atoms with Crippen molar-refractivity contribution in [3.05, 3.63) is 52.5 Å². The zero-order valence-electron chi connectivity index (χ0n) is 11.9. The van der Waals surface area contributed by atoms with Gasteiger partial charge in [0.05, 0.1) is 14.2 Å². The first kappa shape index (κ1) is 15.7. The fourth-order valence-electron chi connectivity index (χ4n) is 1.96. The monoisotopic (exact) mass is 352 g/mol. The van der Waals surface area contributed by atoms with E-state index in [0.29, 0.717) is 27.3 Å². The highest BCUT2D eigenvalue weighted by atomic mass is 79.9. The number of hydrogen-bond acceptors (Lipinski definition) is 4. The quantitative estimate of drug-likeness (QED) is 0.863. The highest BCUT2D eigenvalue weighted by molar-refractivity contribution is 9.10. The summed E-state index contributed by atoms with van der Waals surface area (Å²) in [7, 11) is 3.13.